The van der Waals surface area contributed by atoms with Crippen LogP contribution in [-0.4, -0.2) is 24.5 Å². The lowest BCUT2D eigenvalue weighted by Crippen LogP contribution is -2.32. The molecule has 1 nitrogen and oxygen atoms in total. The van der Waals surface area contributed by atoms with E-state index in [1.165, 1.54) is 45.3 Å². The zero-order valence-electron chi connectivity index (χ0n) is 12.0. The van der Waals surface area contributed by atoms with Crippen LogP contribution in [0.1, 0.15) is 67.2 Å². The molecule has 0 unspecified atom stereocenters. The van der Waals surface area contributed by atoms with Crippen molar-refractivity contribution in [3.05, 3.63) is 0 Å². The van der Waals surface area contributed by atoms with Gasteiger partial charge >= 0.3 is 0 Å². The van der Waals surface area contributed by atoms with Crippen molar-refractivity contribution in [1.29, 1.82) is 0 Å². The number of rotatable bonds is 2. The topological polar surface area (TPSA) is 3.24 Å². The second kappa shape index (κ2) is 14.0. The Morgan fingerprint density at radius 1 is 0.933 bits per heavy atom. The molecule has 1 aliphatic rings. The highest BCUT2D eigenvalue weighted by Crippen LogP contribution is 2.09. The van der Waals surface area contributed by atoms with Gasteiger partial charge in [-0.1, -0.05) is 54.4 Å². The van der Waals surface area contributed by atoms with Crippen LogP contribution in [-0.2, 0) is 0 Å². The van der Waals surface area contributed by atoms with Crippen LogP contribution in [0.25, 0.3) is 0 Å². The Bertz CT molecular complexity index is 93.5. The zero-order chi connectivity index (χ0) is 12.1. The monoisotopic (exact) mass is 215 g/mol. The number of piperidine rings is 1. The van der Waals surface area contributed by atoms with Crippen LogP contribution in [0.2, 0.25) is 0 Å². The molecule has 1 saturated heterocycles. The summed E-state index contributed by atoms with van der Waals surface area (Å²) in [6, 6.07) is 0. The normalized spacial score (nSPS) is 16.2. The summed E-state index contributed by atoms with van der Waals surface area (Å²) in [4.78, 5) is 2.59. The largest absolute Gasteiger partial charge is 0.303 e. The minimum absolute atomic E-state index is 0.845. The first-order valence-corrected chi connectivity index (χ1v) is 6.93. The molecular weight excluding hydrogens is 182 g/mol. The van der Waals surface area contributed by atoms with Crippen molar-refractivity contribution in [1.82, 2.24) is 4.90 Å². The van der Waals surface area contributed by atoms with Crippen molar-refractivity contribution in [2.45, 2.75) is 67.2 Å². The lowest BCUT2D eigenvalue weighted by molar-refractivity contribution is 0.206. The molecular formula is C14H33N. The average Bonchev–Trinajstić information content (AvgIpc) is 2.22. The summed E-state index contributed by atoms with van der Waals surface area (Å²) in [6.45, 7) is 16.8. The quantitative estimate of drug-likeness (QED) is 0.652. The van der Waals surface area contributed by atoms with Gasteiger partial charge in [0.2, 0.25) is 0 Å². The summed E-state index contributed by atoms with van der Waals surface area (Å²) in [7, 11) is 0. The summed E-state index contributed by atoms with van der Waals surface area (Å²) in [6.07, 6.45) is 5.55. The molecule has 1 heterocycles. The van der Waals surface area contributed by atoms with Gasteiger partial charge in [0.15, 0.2) is 0 Å². The molecule has 0 bridgehead atoms. The van der Waals surface area contributed by atoms with Gasteiger partial charge in [-0.05, 0) is 31.8 Å². The van der Waals surface area contributed by atoms with Crippen LogP contribution >= 0.6 is 0 Å². The molecule has 0 aromatic heterocycles. The third-order valence-electron chi connectivity index (χ3n) is 2.07. The molecule has 0 N–H and O–H groups in total. The Labute approximate surface area is 98.2 Å². The van der Waals surface area contributed by atoms with E-state index >= 15 is 0 Å². The Hall–Kier alpha value is -0.0400. The summed E-state index contributed by atoms with van der Waals surface area (Å²) in [5.41, 5.74) is 0. The Balaban J connectivity index is 0. The second-order valence-corrected chi connectivity index (χ2v) is 4.46. The van der Waals surface area contributed by atoms with Crippen LogP contribution in [0.15, 0.2) is 0 Å². The molecule has 0 radical (unpaired) electrons. The SMILES string of the molecule is CC.CC(C)CN1CCCCC1.CCC. The Kier molecular flexibility index (Phi) is 16.2. The summed E-state index contributed by atoms with van der Waals surface area (Å²) in [5, 5.41) is 0. The lowest BCUT2D eigenvalue weighted by Gasteiger charge is -2.27. The van der Waals surface area contributed by atoms with Gasteiger partial charge in [0, 0.05) is 6.54 Å². The average molecular weight is 215 g/mol. The minimum Gasteiger partial charge on any atom is -0.303 e. The highest BCUT2D eigenvalue weighted by atomic mass is 15.1. The standard InChI is InChI=1S/C9H19N.C3H8.C2H6/c1-9(2)8-10-6-4-3-5-7-10;1-3-2;1-2/h9H,3-8H2,1-2H3;3H2,1-2H3;1-2H3. The maximum absolute atomic E-state index is 2.59. The van der Waals surface area contributed by atoms with Crippen LogP contribution in [0, 0.1) is 5.92 Å². The van der Waals surface area contributed by atoms with Gasteiger partial charge < -0.3 is 4.90 Å². The van der Waals surface area contributed by atoms with E-state index in [1.54, 1.807) is 0 Å². The molecule has 1 fully saturated rings. The molecule has 0 aliphatic carbocycles. The van der Waals surface area contributed by atoms with Crippen LogP contribution < -0.4 is 0 Å². The van der Waals surface area contributed by atoms with Crippen molar-refractivity contribution < 1.29 is 0 Å². The number of likely N-dealkylation sites (tertiary alicyclic amines) is 1. The summed E-state index contributed by atoms with van der Waals surface area (Å²) < 4.78 is 0. The Morgan fingerprint density at radius 3 is 1.67 bits per heavy atom. The molecule has 15 heavy (non-hydrogen) atoms. The molecule has 1 aliphatic heterocycles. The highest BCUT2D eigenvalue weighted by molar-refractivity contribution is 4.65. The number of hydrogen-bond acceptors (Lipinski definition) is 1. The van der Waals surface area contributed by atoms with Crippen molar-refractivity contribution in [3.63, 3.8) is 0 Å². The molecule has 1 rings (SSSR count). The smallest absolute Gasteiger partial charge is 0.000438 e. The van der Waals surface area contributed by atoms with Gasteiger partial charge in [-0.2, -0.15) is 0 Å². The first-order valence-electron chi connectivity index (χ1n) is 6.93. The van der Waals surface area contributed by atoms with Gasteiger partial charge in [0.05, 0.1) is 0 Å². The summed E-state index contributed by atoms with van der Waals surface area (Å²) in [5.74, 6) is 0.845. The van der Waals surface area contributed by atoms with Crippen molar-refractivity contribution in [3.8, 4) is 0 Å². The molecule has 1 heteroatoms. The molecule has 0 spiro atoms. The first-order chi connectivity index (χ1) is 7.20. The van der Waals surface area contributed by atoms with Crippen LogP contribution in [0.3, 0.4) is 0 Å². The van der Waals surface area contributed by atoms with E-state index in [-0.39, 0.29) is 0 Å². The first kappa shape index (κ1) is 17.4. The highest BCUT2D eigenvalue weighted by Gasteiger charge is 2.10. The number of nitrogens with zero attached hydrogens (tertiary/aromatic N) is 1. The molecule has 0 aromatic carbocycles. The van der Waals surface area contributed by atoms with Crippen LogP contribution in [0.5, 0.6) is 0 Å². The number of hydrogen-bond donors (Lipinski definition) is 0. The van der Waals surface area contributed by atoms with E-state index in [4.69, 9.17) is 0 Å². The molecule has 0 atom stereocenters. The molecule has 0 amide bonds. The fourth-order valence-corrected chi connectivity index (χ4v) is 1.66. The van der Waals surface area contributed by atoms with Gasteiger partial charge in [0.25, 0.3) is 0 Å². The van der Waals surface area contributed by atoms with Crippen molar-refractivity contribution >= 4 is 0 Å². The van der Waals surface area contributed by atoms with E-state index < -0.39 is 0 Å². The van der Waals surface area contributed by atoms with Crippen molar-refractivity contribution in [2.24, 2.45) is 5.92 Å². The molecule has 94 valence electrons. The second-order valence-electron chi connectivity index (χ2n) is 4.46. The maximum atomic E-state index is 2.59. The van der Waals surface area contributed by atoms with Gasteiger partial charge in [0.1, 0.15) is 0 Å². The van der Waals surface area contributed by atoms with E-state index in [1.807, 2.05) is 13.8 Å². The fraction of sp³-hybridized carbons (Fsp3) is 1.00. The van der Waals surface area contributed by atoms with E-state index in [0.717, 1.165) is 5.92 Å². The van der Waals surface area contributed by atoms with E-state index in [9.17, 15) is 0 Å². The maximum Gasteiger partial charge on any atom is 0.000438 e. The summed E-state index contributed by atoms with van der Waals surface area (Å²) >= 11 is 0. The van der Waals surface area contributed by atoms with Crippen LogP contribution in [0.4, 0.5) is 0 Å². The molecule has 0 aromatic rings. The third-order valence-corrected chi connectivity index (χ3v) is 2.07. The van der Waals surface area contributed by atoms with Crippen molar-refractivity contribution in [2.75, 3.05) is 19.6 Å². The predicted molar refractivity (Wildman–Crippen MR) is 72.4 cm³/mol. The van der Waals surface area contributed by atoms with E-state index in [0.29, 0.717) is 0 Å². The fourth-order valence-electron chi connectivity index (χ4n) is 1.66. The third kappa shape index (κ3) is 14.0. The lowest BCUT2D eigenvalue weighted by atomic mass is 10.1. The van der Waals surface area contributed by atoms with Gasteiger partial charge in [-0.15, -0.1) is 0 Å². The predicted octanol–water partition coefficient (Wildman–Crippen LogP) is 4.57. The van der Waals surface area contributed by atoms with Gasteiger partial charge in [-0.25, -0.2) is 0 Å². The minimum atomic E-state index is 0.845. The van der Waals surface area contributed by atoms with E-state index in [2.05, 4.69) is 32.6 Å². The zero-order valence-corrected chi connectivity index (χ0v) is 12.0. The van der Waals surface area contributed by atoms with Gasteiger partial charge in [-0.3, -0.25) is 0 Å². The Morgan fingerprint density at radius 2 is 1.33 bits per heavy atom. The molecule has 0 saturated carbocycles.